The summed E-state index contributed by atoms with van der Waals surface area (Å²) in [5.41, 5.74) is 0.215. The molecule has 0 saturated heterocycles. The van der Waals surface area contributed by atoms with Gasteiger partial charge in [-0.05, 0) is 25.8 Å². The van der Waals surface area contributed by atoms with Crippen LogP contribution in [0.3, 0.4) is 0 Å². The topological polar surface area (TPSA) is 66.8 Å². The van der Waals surface area contributed by atoms with E-state index in [1.54, 1.807) is 19.1 Å². The Balaban J connectivity index is 2.52. The van der Waals surface area contributed by atoms with Gasteiger partial charge in [0.1, 0.15) is 11.5 Å². The zero-order valence-electron chi connectivity index (χ0n) is 9.28. The molecule has 0 atom stereocenters. The summed E-state index contributed by atoms with van der Waals surface area (Å²) >= 11 is 0. The van der Waals surface area contributed by atoms with E-state index < -0.39 is 11.4 Å². The van der Waals surface area contributed by atoms with Crippen molar-refractivity contribution < 1.29 is 19.7 Å². The summed E-state index contributed by atoms with van der Waals surface area (Å²) in [6.45, 7) is 1.72. The molecule has 1 aromatic rings. The normalized spacial score (nSPS) is 16.9. The lowest BCUT2D eigenvalue weighted by molar-refractivity contribution is -0.140. The number of carbonyl (C=O) groups is 1. The van der Waals surface area contributed by atoms with Gasteiger partial charge in [0.25, 0.3) is 0 Å². The third kappa shape index (κ3) is 1.33. The number of hydrogen-bond acceptors (Lipinski definition) is 3. The SMILES string of the molecule is COc1ccc(C2(C(=O)O)CC2)c(O)c1C. The summed E-state index contributed by atoms with van der Waals surface area (Å²) < 4.78 is 5.07. The number of benzene rings is 1. The van der Waals surface area contributed by atoms with Crippen molar-refractivity contribution >= 4 is 5.97 Å². The minimum atomic E-state index is -0.874. The fourth-order valence-corrected chi connectivity index (χ4v) is 2.01. The lowest BCUT2D eigenvalue weighted by atomic mass is 9.93. The van der Waals surface area contributed by atoms with Gasteiger partial charge < -0.3 is 14.9 Å². The van der Waals surface area contributed by atoms with Crippen LogP contribution in [-0.4, -0.2) is 23.3 Å². The average molecular weight is 222 g/mol. The Morgan fingerprint density at radius 1 is 1.44 bits per heavy atom. The molecule has 4 nitrogen and oxygen atoms in total. The smallest absolute Gasteiger partial charge is 0.314 e. The maximum Gasteiger partial charge on any atom is 0.314 e. The van der Waals surface area contributed by atoms with E-state index in [-0.39, 0.29) is 5.75 Å². The molecule has 0 aromatic heterocycles. The molecule has 0 bridgehead atoms. The number of carboxylic acids is 1. The molecule has 0 amide bonds. The third-order valence-electron chi connectivity index (χ3n) is 3.28. The van der Waals surface area contributed by atoms with Gasteiger partial charge in [-0.2, -0.15) is 0 Å². The Labute approximate surface area is 93.5 Å². The van der Waals surface area contributed by atoms with E-state index in [4.69, 9.17) is 9.84 Å². The zero-order chi connectivity index (χ0) is 11.9. The molecule has 4 heteroatoms. The number of phenols is 1. The van der Waals surface area contributed by atoms with Gasteiger partial charge >= 0.3 is 5.97 Å². The number of ether oxygens (including phenoxy) is 1. The number of hydrogen-bond donors (Lipinski definition) is 2. The van der Waals surface area contributed by atoms with Crippen LogP contribution in [0.5, 0.6) is 11.5 Å². The van der Waals surface area contributed by atoms with Crippen LogP contribution in [0, 0.1) is 6.92 Å². The van der Waals surface area contributed by atoms with Gasteiger partial charge in [-0.3, -0.25) is 4.79 Å². The molecule has 1 saturated carbocycles. The maximum atomic E-state index is 11.2. The molecule has 16 heavy (non-hydrogen) atoms. The summed E-state index contributed by atoms with van der Waals surface area (Å²) in [6, 6.07) is 3.34. The molecule has 0 spiro atoms. The molecule has 0 aliphatic heterocycles. The highest BCUT2D eigenvalue weighted by Gasteiger charge is 2.53. The molecule has 1 fully saturated rings. The van der Waals surface area contributed by atoms with E-state index in [9.17, 15) is 9.90 Å². The van der Waals surface area contributed by atoms with Crippen molar-refractivity contribution in [3.63, 3.8) is 0 Å². The van der Waals surface area contributed by atoms with Crippen molar-refractivity contribution in [3.05, 3.63) is 23.3 Å². The van der Waals surface area contributed by atoms with Crippen molar-refractivity contribution in [2.45, 2.75) is 25.2 Å². The second-order valence-electron chi connectivity index (χ2n) is 4.18. The van der Waals surface area contributed by atoms with Gasteiger partial charge in [0.05, 0.1) is 12.5 Å². The Hall–Kier alpha value is -1.71. The van der Waals surface area contributed by atoms with E-state index in [0.29, 0.717) is 29.7 Å². The highest BCUT2D eigenvalue weighted by Crippen LogP contribution is 2.52. The Kier molecular flexibility index (Phi) is 2.30. The van der Waals surface area contributed by atoms with E-state index in [0.717, 1.165) is 0 Å². The van der Waals surface area contributed by atoms with Gasteiger partial charge in [0.15, 0.2) is 0 Å². The molecular formula is C12H14O4. The van der Waals surface area contributed by atoms with Gasteiger partial charge in [0.2, 0.25) is 0 Å². The van der Waals surface area contributed by atoms with Crippen LogP contribution in [0.4, 0.5) is 0 Å². The molecule has 0 radical (unpaired) electrons. The van der Waals surface area contributed by atoms with Gasteiger partial charge in [-0.25, -0.2) is 0 Å². The molecule has 2 rings (SSSR count). The molecular weight excluding hydrogens is 208 g/mol. The summed E-state index contributed by atoms with van der Waals surface area (Å²) in [6.07, 6.45) is 1.17. The lowest BCUT2D eigenvalue weighted by Gasteiger charge is -2.15. The molecule has 1 aromatic carbocycles. The predicted molar refractivity (Wildman–Crippen MR) is 57.9 cm³/mol. The second kappa shape index (κ2) is 3.40. The summed E-state index contributed by atoms with van der Waals surface area (Å²) in [7, 11) is 1.52. The number of aromatic hydroxyl groups is 1. The maximum absolute atomic E-state index is 11.2. The van der Waals surface area contributed by atoms with Crippen molar-refractivity contribution in [1.29, 1.82) is 0 Å². The number of aliphatic carboxylic acids is 1. The number of carboxylic acid groups (broad SMARTS) is 1. The monoisotopic (exact) mass is 222 g/mol. The van der Waals surface area contributed by atoms with Gasteiger partial charge in [-0.1, -0.05) is 6.07 Å². The first-order valence-corrected chi connectivity index (χ1v) is 5.13. The standard InChI is InChI=1S/C12H14O4/c1-7-9(16-2)4-3-8(10(7)13)12(5-6-12)11(14)15/h3-4,13H,5-6H2,1-2H3,(H,14,15). The van der Waals surface area contributed by atoms with E-state index in [1.165, 1.54) is 7.11 Å². The first-order chi connectivity index (χ1) is 7.53. The molecule has 86 valence electrons. The highest BCUT2D eigenvalue weighted by atomic mass is 16.5. The molecule has 0 unspecified atom stereocenters. The number of rotatable bonds is 3. The van der Waals surface area contributed by atoms with Crippen molar-refractivity contribution in [1.82, 2.24) is 0 Å². The van der Waals surface area contributed by atoms with Crippen LogP contribution in [0.15, 0.2) is 12.1 Å². The Morgan fingerprint density at radius 2 is 2.06 bits per heavy atom. The van der Waals surface area contributed by atoms with Gasteiger partial charge in [0, 0.05) is 11.1 Å². The van der Waals surface area contributed by atoms with Crippen LogP contribution in [0.1, 0.15) is 24.0 Å². The largest absolute Gasteiger partial charge is 0.507 e. The lowest BCUT2D eigenvalue weighted by Crippen LogP contribution is -2.19. The van der Waals surface area contributed by atoms with Crippen LogP contribution in [0.2, 0.25) is 0 Å². The number of methoxy groups -OCH3 is 1. The average Bonchev–Trinajstić information content (AvgIpc) is 3.03. The van der Waals surface area contributed by atoms with Crippen LogP contribution < -0.4 is 4.74 Å². The second-order valence-corrected chi connectivity index (χ2v) is 4.18. The molecule has 2 N–H and O–H groups in total. The third-order valence-corrected chi connectivity index (χ3v) is 3.28. The molecule has 1 aliphatic carbocycles. The van der Waals surface area contributed by atoms with Gasteiger partial charge in [-0.15, -0.1) is 0 Å². The van der Waals surface area contributed by atoms with Crippen molar-refractivity contribution in [2.75, 3.05) is 7.11 Å². The summed E-state index contributed by atoms with van der Waals surface area (Å²) in [5.74, 6) is -0.256. The first kappa shape index (κ1) is 10.8. The summed E-state index contributed by atoms with van der Waals surface area (Å²) in [5, 5.41) is 19.1. The van der Waals surface area contributed by atoms with Crippen molar-refractivity contribution in [3.8, 4) is 11.5 Å². The van der Waals surface area contributed by atoms with Crippen LogP contribution in [-0.2, 0) is 10.2 Å². The minimum absolute atomic E-state index is 0.0410. The highest BCUT2D eigenvalue weighted by molar-refractivity contribution is 5.86. The zero-order valence-corrected chi connectivity index (χ0v) is 9.28. The van der Waals surface area contributed by atoms with Crippen LogP contribution in [0.25, 0.3) is 0 Å². The van der Waals surface area contributed by atoms with E-state index in [1.807, 2.05) is 0 Å². The van der Waals surface area contributed by atoms with Crippen LogP contribution >= 0.6 is 0 Å². The van der Waals surface area contributed by atoms with Crippen molar-refractivity contribution in [2.24, 2.45) is 0 Å². The van der Waals surface area contributed by atoms with E-state index >= 15 is 0 Å². The quantitative estimate of drug-likeness (QED) is 0.818. The minimum Gasteiger partial charge on any atom is -0.507 e. The predicted octanol–water partition coefficient (Wildman–Crippen LogP) is 1.83. The fourth-order valence-electron chi connectivity index (χ4n) is 2.01. The summed E-state index contributed by atoms with van der Waals surface area (Å²) in [4.78, 5) is 11.2. The fraction of sp³-hybridized carbons (Fsp3) is 0.417. The first-order valence-electron chi connectivity index (χ1n) is 5.13. The Bertz CT molecular complexity index is 447. The number of phenolic OH excluding ortho intramolecular Hbond substituents is 1. The Morgan fingerprint density at radius 3 is 2.50 bits per heavy atom. The van der Waals surface area contributed by atoms with E-state index in [2.05, 4.69) is 0 Å². The molecule has 1 aliphatic rings. The molecule has 0 heterocycles.